The van der Waals surface area contributed by atoms with E-state index < -0.39 is 0 Å². The highest BCUT2D eigenvalue weighted by Crippen LogP contribution is 2.09. The number of hydrogen-bond acceptors (Lipinski definition) is 6. The van der Waals surface area contributed by atoms with Crippen LogP contribution >= 0.6 is 11.5 Å². The molecular weight excluding hydrogens is 190 g/mol. The maximum atomic E-state index is 8.32. The summed E-state index contributed by atoms with van der Waals surface area (Å²) < 4.78 is 3.86. The minimum absolute atomic E-state index is 0.0945. The molecule has 0 unspecified atom stereocenters. The molecule has 0 fully saturated rings. The Kier molecular flexibility index (Phi) is 3.21. The summed E-state index contributed by atoms with van der Waals surface area (Å²) in [5.41, 5.74) is 5.27. The lowest BCUT2D eigenvalue weighted by molar-refractivity contribution is 0.318. The van der Waals surface area contributed by atoms with E-state index in [0.29, 0.717) is 11.7 Å². The Bertz CT molecular complexity index is 321. The van der Waals surface area contributed by atoms with Gasteiger partial charge in [-0.2, -0.15) is 9.36 Å². The summed E-state index contributed by atoms with van der Waals surface area (Å²) in [6, 6.07) is 0. The Morgan fingerprint density at radius 2 is 2.62 bits per heavy atom. The third kappa shape index (κ3) is 2.41. The van der Waals surface area contributed by atoms with Crippen molar-refractivity contribution in [3.05, 3.63) is 18.5 Å². The van der Waals surface area contributed by atoms with Crippen LogP contribution in [0.25, 0.3) is 0 Å². The summed E-state index contributed by atoms with van der Waals surface area (Å²) in [5.74, 6) is 0.127. The van der Waals surface area contributed by atoms with Crippen LogP contribution in [0.4, 0.5) is 5.13 Å². The van der Waals surface area contributed by atoms with Crippen molar-refractivity contribution in [2.75, 3.05) is 11.9 Å². The predicted octanol–water partition coefficient (Wildman–Crippen LogP) is 0.230. The van der Waals surface area contributed by atoms with Gasteiger partial charge in [0, 0.05) is 18.1 Å². The van der Waals surface area contributed by atoms with Crippen LogP contribution in [0.2, 0.25) is 0 Å². The minimum Gasteiger partial charge on any atom is -0.409 e. The highest BCUT2D eigenvalue weighted by molar-refractivity contribution is 7.09. The van der Waals surface area contributed by atoms with Crippen molar-refractivity contribution in [1.82, 2.24) is 9.36 Å². The number of hydrogen-bond donors (Lipinski definition) is 3. The van der Waals surface area contributed by atoms with E-state index in [1.807, 2.05) is 0 Å². The van der Waals surface area contributed by atoms with Crippen LogP contribution in [0.1, 0.15) is 5.82 Å². The lowest BCUT2D eigenvalue weighted by Crippen LogP contribution is -2.14. The van der Waals surface area contributed by atoms with Gasteiger partial charge in [-0.25, -0.2) is 0 Å². The molecule has 13 heavy (non-hydrogen) atoms. The predicted molar refractivity (Wildman–Crippen MR) is 51.1 cm³/mol. The normalized spacial score (nSPS) is 11.2. The van der Waals surface area contributed by atoms with Crippen molar-refractivity contribution < 1.29 is 5.21 Å². The second-order valence-corrected chi connectivity index (χ2v) is 2.83. The molecule has 0 bridgehead atoms. The highest BCUT2D eigenvalue weighted by Gasteiger charge is 2.06. The second kappa shape index (κ2) is 4.41. The molecule has 0 atom stereocenters. The molecule has 1 heterocycles. The zero-order valence-corrected chi connectivity index (χ0v) is 7.58. The van der Waals surface area contributed by atoms with Crippen LogP contribution < -0.4 is 11.1 Å². The van der Waals surface area contributed by atoms with E-state index >= 15 is 0 Å². The van der Waals surface area contributed by atoms with Gasteiger partial charge in [0.1, 0.15) is 0 Å². The van der Waals surface area contributed by atoms with Crippen molar-refractivity contribution in [2.45, 2.75) is 0 Å². The molecule has 4 N–H and O–H groups in total. The van der Waals surface area contributed by atoms with Crippen LogP contribution in [0.3, 0.4) is 0 Å². The molecule has 7 heteroatoms. The summed E-state index contributed by atoms with van der Waals surface area (Å²) in [4.78, 5) is 3.95. The molecule has 0 saturated carbocycles. The number of rotatable bonds is 4. The van der Waals surface area contributed by atoms with E-state index in [1.54, 1.807) is 6.08 Å². The van der Waals surface area contributed by atoms with Crippen molar-refractivity contribution in [3.8, 4) is 0 Å². The van der Waals surface area contributed by atoms with E-state index in [4.69, 9.17) is 10.9 Å². The van der Waals surface area contributed by atoms with Gasteiger partial charge >= 0.3 is 0 Å². The molecule has 0 aromatic carbocycles. The van der Waals surface area contributed by atoms with Gasteiger partial charge in [-0.1, -0.05) is 11.2 Å². The van der Waals surface area contributed by atoms with Gasteiger partial charge in [-0.05, 0) is 0 Å². The molecule has 0 aliphatic carbocycles. The first-order valence-corrected chi connectivity index (χ1v) is 4.21. The third-order valence-electron chi connectivity index (χ3n) is 1.16. The Morgan fingerprint density at radius 3 is 3.23 bits per heavy atom. The number of amidine groups is 1. The second-order valence-electron chi connectivity index (χ2n) is 2.08. The number of nitrogens with zero attached hydrogens (tertiary/aromatic N) is 3. The summed E-state index contributed by atoms with van der Waals surface area (Å²) in [6.07, 6.45) is 1.70. The Balaban J connectivity index is 2.69. The molecule has 1 aromatic rings. The zero-order valence-electron chi connectivity index (χ0n) is 6.77. The van der Waals surface area contributed by atoms with Gasteiger partial charge < -0.3 is 16.3 Å². The Hall–Kier alpha value is -1.63. The van der Waals surface area contributed by atoms with E-state index in [9.17, 15) is 0 Å². The molecule has 0 amide bonds. The molecule has 6 nitrogen and oxygen atoms in total. The first-order chi connectivity index (χ1) is 6.27. The van der Waals surface area contributed by atoms with Crippen molar-refractivity contribution in [2.24, 2.45) is 10.9 Å². The molecule has 0 radical (unpaired) electrons. The van der Waals surface area contributed by atoms with Gasteiger partial charge in [0.2, 0.25) is 16.8 Å². The van der Waals surface area contributed by atoms with Crippen molar-refractivity contribution >= 4 is 22.5 Å². The molecule has 70 valence electrons. The zero-order chi connectivity index (χ0) is 9.68. The largest absolute Gasteiger partial charge is 0.409 e. The van der Waals surface area contributed by atoms with Gasteiger partial charge in [0.05, 0.1) is 0 Å². The molecule has 0 aliphatic rings. The van der Waals surface area contributed by atoms with Gasteiger partial charge in [0.25, 0.3) is 0 Å². The van der Waals surface area contributed by atoms with Crippen molar-refractivity contribution in [1.29, 1.82) is 0 Å². The fraction of sp³-hybridized carbons (Fsp3) is 0.167. The highest BCUT2D eigenvalue weighted by atomic mass is 32.1. The monoisotopic (exact) mass is 199 g/mol. The maximum Gasteiger partial charge on any atom is 0.213 e. The van der Waals surface area contributed by atoms with Gasteiger partial charge in [-0.15, -0.1) is 6.58 Å². The van der Waals surface area contributed by atoms with Crippen LogP contribution in [0, 0.1) is 0 Å². The number of aromatic nitrogens is 2. The lowest BCUT2D eigenvalue weighted by Gasteiger charge is -1.93. The van der Waals surface area contributed by atoms with Gasteiger partial charge in [-0.3, -0.25) is 0 Å². The van der Waals surface area contributed by atoms with Crippen molar-refractivity contribution in [3.63, 3.8) is 0 Å². The number of oxime groups is 1. The fourth-order valence-electron chi connectivity index (χ4n) is 0.604. The number of nitrogens with two attached hydrogens (primary N) is 1. The summed E-state index contributed by atoms with van der Waals surface area (Å²) in [5, 5.41) is 14.6. The van der Waals surface area contributed by atoms with Crippen LogP contribution in [0.5, 0.6) is 0 Å². The van der Waals surface area contributed by atoms with E-state index in [0.717, 1.165) is 11.5 Å². The minimum atomic E-state index is -0.0945. The number of nitrogens with one attached hydrogen (secondary N) is 1. The molecule has 1 rings (SSSR count). The summed E-state index contributed by atoms with van der Waals surface area (Å²) >= 11 is 1.14. The fourth-order valence-corrected chi connectivity index (χ4v) is 1.19. The topological polar surface area (TPSA) is 96.4 Å². The lowest BCUT2D eigenvalue weighted by atomic mass is 10.6. The first kappa shape index (κ1) is 9.46. The smallest absolute Gasteiger partial charge is 0.213 e. The summed E-state index contributed by atoms with van der Waals surface area (Å²) in [6.45, 7) is 4.14. The summed E-state index contributed by atoms with van der Waals surface area (Å²) in [7, 11) is 0. The Morgan fingerprint density at radius 1 is 1.85 bits per heavy atom. The quantitative estimate of drug-likeness (QED) is 0.212. The van der Waals surface area contributed by atoms with Crippen LogP contribution in [0.15, 0.2) is 17.8 Å². The van der Waals surface area contributed by atoms with E-state index in [2.05, 4.69) is 26.4 Å². The van der Waals surface area contributed by atoms with Crippen LogP contribution in [-0.2, 0) is 0 Å². The average Bonchev–Trinajstić information content (AvgIpc) is 2.62. The van der Waals surface area contributed by atoms with E-state index in [-0.39, 0.29) is 11.7 Å². The van der Waals surface area contributed by atoms with Crippen LogP contribution in [-0.4, -0.2) is 26.9 Å². The molecule has 0 aliphatic heterocycles. The maximum absolute atomic E-state index is 8.32. The Labute approximate surface area is 79.0 Å². The molecule has 0 saturated heterocycles. The molecular formula is C6H9N5OS. The standard InChI is InChI=1S/C6H9N5OS/c1-2-3-8-6-9-5(11-13-6)4(7)10-12/h2,12H,1,3H2,(H2,7,10)(H,8,9,11). The van der Waals surface area contributed by atoms with Gasteiger partial charge in [0.15, 0.2) is 0 Å². The molecule has 0 spiro atoms. The third-order valence-corrected chi connectivity index (χ3v) is 1.83. The number of anilines is 1. The SMILES string of the molecule is C=CCNc1nc(/C(N)=N\O)ns1. The van der Waals surface area contributed by atoms with E-state index in [1.165, 1.54) is 0 Å². The molecule has 1 aromatic heterocycles. The first-order valence-electron chi connectivity index (χ1n) is 3.44. The average molecular weight is 199 g/mol.